The summed E-state index contributed by atoms with van der Waals surface area (Å²) in [4.78, 5) is 0.315. The van der Waals surface area contributed by atoms with E-state index in [-0.39, 0.29) is 0 Å². The van der Waals surface area contributed by atoms with E-state index in [0.29, 0.717) is 10.6 Å². The monoisotopic (exact) mass is 353 g/mol. The molecule has 0 amide bonds. The molecule has 2 aromatic rings. The average molecular weight is 354 g/mol. The van der Waals surface area contributed by atoms with E-state index in [1.165, 1.54) is 4.31 Å². The number of hydrogen-bond donors (Lipinski definition) is 0. The highest BCUT2D eigenvalue weighted by Gasteiger charge is 2.23. The van der Waals surface area contributed by atoms with Crippen molar-refractivity contribution in [3.63, 3.8) is 0 Å². The van der Waals surface area contributed by atoms with E-state index in [0.717, 1.165) is 15.6 Å². The Bertz CT molecular complexity index is 724. The fourth-order valence-corrected chi connectivity index (χ4v) is 3.85. The van der Waals surface area contributed by atoms with Crippen molar-refractivity contribution in [2.45, 2.75) is 18.7 Å². The Morgan fingerprint density at radius 1 is 1.00 bits per heavy atom. The first-order chi connectivity index (χ1) is 9.32. The van der Waals surface area contributed by atoms with Crippen LogP contribution in [0.5, 0.6) is 0 Å². The van der Waals surface area contributed by atoms with Crippen LogP contribution in [0, 0.1) is 13.8 Å². The van der Waals surface area contributed by atoms with Crippen molar-refractivity contribution in [1.29, 1.82) is 0 Å². The quantitative estimate of drug-likeness (QED) is 0.839. The second kappa shape index (κ2) is 5.58. The number of aryl methyl sites for hydroxylation is 2. The number of halogens is 1. The summed E-state index contributed by atoms with van der Waals surface area (Å²) in [5.74, 6) is 0. The van der Waals surface area contributed by atoms with Gasteiger partial charge in [-0.1, -0.05) is 39.7 Å². The largest absolute Gasteiger partial charge is 0.269 e. The zero-order chi connectivity index (χ0) is 14.9. The smallest absolute Gasteiger partial charge is 0.264 e. The van der Waals surface area contributed by atoms with Crippen LogP contribution in [0.25, 0.3) is 0 Å². The van der Waals surface area contributed by atoms with Crippen LogP contribution in [-0.4, -0.2) is 15.5 Å². The van der Waals surface area contributed by atoms with Crippen LogP contribution >= 0.6 is 15.9 Å². The van der Waals surface area contributed by atoms with Crippen LogP contribution in [0.1, 0.15) is 11.1 Å². The Morgan fingerprint density at radius 2 is 1.60 bits per heavy atom. The summed E-state index contributed by atoms with van der Waals surface area (Å²) in [7, 11) is -1.98. The Labute approximate surface area is 128 Å². The molecule has 0 saturated carbocycles. The Balaban J connectivity index is 2.49. The molecule has 0 heterocycles. The summed E-state index contributed by atoms with van der Waals surface area (Å²) in [5.41, 5.74) is 2.47. The number of benzene rings is 2. The third-order valence-electron chi connectivity index (χ3n) is 3.19. The van der Waals surface area contributed by atoms with Gasteiger partial charge in [0.15, 0.2) is 0 Å². The molecule has 0 N–H and O–H groups in total. The van der Waals surface area contributed by atoms with Crippen molar-refractivity contribution in [1.82, 2.24) is 0 Å². The number of nitrogens with zero attached hydrogens (tertiary/aromatic N) is 1. The van der Waals surface area contributed by atoms with Crippen molar-refractivity contribution in [3.8, 4) is 0 Å². The molecule has 0 radical (unpaired) electrons. The molecule has 0 aromatic heterocycles. The highest BCUT2D eigenvalue weighted by molar-refractivity contribution is 9.10. The SMILES string of the molecule is Cc1ccc(N(C)S(=O)(=O)c2cc(Br)ccc2C)cc1. The number of hydrogen-bond acceptors (Lipinski definition) is 2. The zero-order valence-corrected chi connectivity index (χ0v) is 14.0. The number of sulfonamides is 1. The zero-order valence-electron chi connectivity index (χ0n) is 11.6. The van der Waals surface area contributed by atoms with Crippen LogP contribution < -0.4 is 4.31 Å². The third kappa shape index (κ3) is 2.88. The van der Waals surface area contributed by atoms with Gasteiger partial charge in [0.25, 0.3) is 10.0 Å². The van der Waals surface area contributed by atoms with E-state index in [1.807, 2.05) is 25.1 Å². The van der Waals surface area contributed by atoms with Crippen molar-refractivity contribution >= 4 is 31.6 Å². The van der Waals surface area contributed by atoms with Crippen molar-refractivity contribution in [3.05, 3.63) is 58.1 Å². The topological polar surface area (TPSA) is 37.4 Å². The molecular weight excluding hydrogens is 338 g/mol. The van der Waals surface area contributed by atoms with Crippen molar-refractivity contribution in [2.75, 3.05) is 11.4 Å². The molecule has 0 saturated heterocycles. The van der Waals surface area contributed by atoms with E-state index in [1.54, 1.807) is 38.2 Å². The van der Waals surface area contributed by atoms with Crippen LogP contribution in [0.4, 0.5) is 5.69 Å². The van der Waals surface area contributed by atoms with Gasteiger partial charge in [0.2, 0.25) is 0 Å². The minimum Gasteiger partial charge on any atom is -0.269 e. The van der Waals surface area contributed by atoms with Crippen molar-refractivity contribution < 1.29 is 8.42 Å². The lowest BCUT2D eigenvalue weighted by Crippen LogP contribution is -2.27. The summed E-state index contributed by atoms with van der Waals surface area (Å²) >= 11 is 3.32. The summed E-state index contributed by atoms with van der Waals surface area (Å²) in [5, 5.41) is 0. The van der Waals surface area contributed by atoms with Gasteiger partial charge in [0.05, 0.1) is 10.6 Å². The molecule has 0 aliphatic rings. The van der Waals surface area contributed by atoms with Crippen LogP contribution in [-0.2, 0) is 10.0 Å². The Morgan fingerprint density at radius 3 is 2.20 bits per heavy atom. The lowest BCUT2D eigenvalue weighted by molar-refractivity contribution is 0.593. The van der Waals surface area contributed by atoms with E-state index >= 15 is 0 Å². The van der Waals surface area contributed by atoms with Gasteiger partial charge in [0, 0.05) is 11.5 Å². The molecule has 0 fully saturated rings. The molecule has 3 nitrogen and oxygen atoms in total. The highest BCUT2D eigenvalue weighted by atomic mass is 79.9. The van der Waals surface area contributed by atoms with Crippen LogP contribution in [0.15, 0.2) is 51.8 Å². The Kier molecular flexibility index (Phi) is 4.20. The standard InChI is InChI=1S/C15H16BrNO2S/c1-11-4-8-14(9-5-11)17(3)20(18,19)15-10-13(16)7-6-12(15)2/h4-10H,1-3H3. The molecule has 5 heteroatoms. The van der Waals surface area contributed by atoms with Crippen LogP contribution in [0.2, 0.25) is 0 Å². The van der Waals surface area contributed by atoms with E-state index < -0.39 is 10.0 Å². The van der Waals surface area contributed by atoms with Gasteiger partial charge in [0.1, 0.15) is 0 Å². The predicted octanol–water partition coefficient (Wildman–Crippen LogP) is 3.89. The molecule has 0 spiro atoms. The fourth-order valence-electron chi connectivity index (χ4n) is 1.89. The minimum absolute atomic E-state index is 0.315. The summed E-state index contributed by atoms with van der Waals surface area (Å²) in [6.07, 6.45) is 0. The lowest BCUT2D eigenvalue weighted by Gasteiger charge is -2.21. The molecule has 2 aromatic carbocycles. The molecule has 0 aliphatic heterocycles. The third-order valence-corrected chi connectivity index (χ3v) is 5.61. The van der Waals surface area contributed by atoms with Crippen LogP contribution in [0.3, 0.4) is 0 Å². The normalized spacial score (nSPS) is 11.4. The molecule has 0 aliphatic carbocycles. The van der Waals surface area contributed by atoms with E-state index in [4.69, 9.17) is 0 Å². The molecule has 106 valence electrons. The average Bonchev–Trinajstić information content (AvgIpc) is 2.41. The maximum Gasteiger partial charge on any atom is 0.264 e. The Hall–Kier alpha value is -1.33. The molecule has 20 heavy (non-hydrogen) atoms. The van der Waals surface area contributed by atoms with E-state index in [2.05, 4.69) is 15.9 Å². The van der Waals surface area contributed by atoms with E-state index in [9.17, 15) is 8.42 Å². The molecule has 0 atom stereocenters. The lowest BCUT2D eigenvalue weighted by atomic mass is 10.2. The molecule has 0 bridgehead atoms. The highest BCUT2D eigenvalue weighted by Crippen LogP contribution is 2.26. The first kappa shape index (κ1) is 15.1. The van der Waals surface area contributed by atoms with Gasteiger partial charge in [-0.25, -0.2) is 8.42 Å². The molecule has 0 unspecified atom stereocenters. The second-order valence-corrected chi connectivity index (χ2v) is 7.57. The van der Waals surface area contributed by atoms with Gasteiger partial charge in [-0.15, -0.1) is 0 Å². The summed E-state index contributed by atoms with van der Waals surface area (Å²) in [6.45, 7) is 3.76. The van der Waals surface area contributed by atoms with Gasteiger partial charge < -0.3 is 0 Å². The van der Waals surface area contributed by atoms with Gasteiger partial charge >= 0.3 is 0 Å². The number of rotatable bonds is 3. The minimum atomic E-state index is -3.55. The predicted molar refractivity (Wildman–Crippen MR) is 85.6 cm³/mol. The second-order valence-electron chi connectivity index (χ2n) is 4.72. The fraction of sp³-hybridized carbons (Fsp3) is 0.200. The first-order valence-electron chi connectivity index (χ1n) is 6.14. The summed E-state index contributed by atoms with van der Waals surface area (Å²) < 4.78 is 27.4. The summed E-state index contributed by atoms with van der Waals surface area (Å²) in [6, 6.07) is 12.7. The van der Waals surface area contributed by atoms with Gasteiger partial charge in [-0.2, -0.15) is 0 Å². The maximum absolute atomic E-state index is 12.7. The maximum atomic E-state index is 12.7. The van der Waals surface area contributed by atoms with Gasteiger partial charge in [-0.3, -0.25) is 4.31 Å². The number of anilines is 1. The van der Waals surface area contributed by atoms with Gasteiger partial charge in [-0.05, 0) is 43.7 Å². The molecular formula is C15H16BrNO2S. The molecule has 2 rings (SSSR count). The first-order valence-corrected chi connectivity index (χ1v) is 8.37. The van der Waals surface area contributed by atoms with Crippen molar-refractivity contribution in [2.24, 2.45) is 0 Å².